The number of oxazole rings is 1. The third kappa shape index (κ3) is 2.05. The van der Waals surface area contributed by atoms with Crippen LogP contribution in [-0.2, 0) is 4.74 Å². The number of nitrogens with zero attached hydrogens (tertiary/aromatic N) is 1. The Kier molecular flexibility index (Phi) is 2.64. The van der Waals surface area contributed by atoms with Crippen molar-refractivity contribution in [1.82, 2.24) is 4.98 Å². The first-order chi connectivity index (χ1) is 7.56. The van der Waals surface area contributed by atoms with Crippen molar-refractivity contribution < 1.29 is 9.15 Å². The van der Waals surface area contributed by atoms with Crippen molar-refractivity contribution in [3.8, 4) is 0 Å². The van der Waals surface area contributed by atoms with Gasteiger partial charge < -0.3 is 9.15 Å². The van der Waals surface area contributed by atoms with E-state index in [1.165, 1.54) is 0 Å². The monoisotopic (exact) mass is 218 g/mol. The van der Waals surface area contributed by atoms with Gasteiger partial charge in [-0.25, -0.2) is 4.98 Å². The minimum Gasteiger partial charge on any atom is -0.472 e. The Bertz CT molecular complexity index is 529. The second-order valence-corrected chi connectivity index (χ2v) is 3.99. The van der Waals surface area contributed by atoms with Gasteiger partial charge in [-0.15, -0.1) is 0 Å². The minimum atomic E-state index is -0.0516. The topological polar surface area (TPSA) is 59.1 Å². The molecule has 2 rings (SSSR count). The van der Waals surface area contributed by atoms with Crippen LogP contribution in [-0.4, -0.2) is 17.0 Å². The van der Waals surface area contributed by atoms with Gasteiger partial charge in [0.15, 0.2) is 5.58 Å². The SMILES string of the molecule is Cc1ccc2oc(C(=N)OC(C)C)nc2c1. The van der Waals surface area contributed by atoms with Crippen molar-refractivity contribution in [2.24, 2.45) is 0 Å². The maximum Gasteiger partial charge on any atom is 0.283 e. The van der Waals surface area contributed by atoms with Crippen molar-refractivity contribution in [1.29, 1.82) is 5.41 Å². The second kappa shape index (κ2) is 3.96. The van der Waals surface area contributed by atoms with E-state index in [1.807, 2.05) is 39.0 Å². The first-order valence-corrected chi connectivity index (χ1v) is 5.19. The summed E-state index contributed by atoms with van der Waals surface area (Å²) in [6, 6.07) is 5.72. The maximum atomic E-state index is 7.67. The number of ether oxygens (including phenoxy) is 1. The zero-order valence-corrected chi connectivity index (χ0v) is 9.57. The fourth-order valence-electron chi connectivity index (χ4n) is 1.42. The van der Waals surface area contributed by atoms with E-state index in [9.17, 15) is 0 Å². The van der Waals surface area contributed by atoms with Crippen molar-refractivity contribution in [2.45, 2.75) is 26.9 Å². The van der Waals surface area contributed by atoms with E-state index in [0.29, 0.717) is 5.58 Å². The molecule has 0 aliphatic carbocycles. The molecule has 0 aliphatic rings. The van der Waals surface area contributed by atoms with E-state index in [2.05, 4.69) is 4.98 Å². The van der Waals surface area contributed by atoms with Crippen LogP contribution in [0.25, 0.3) is 11.1 Å². The summed E-state index contributed by atoms with van der Waals surface area (Å²) in [6.45, 7) is 5.71. The predicted molar refractivity (Wildman–Crippen MR) is 61.8 cm³/mol. The number of nitrogens with one attached hydrogen (secondary N) is 1. The largest absolute Gasteiger partial charge is 0.472 e. The van der Waals surface area contributed by atoms with Gasteiger partial charge in [0, 0.05) is 0 Å². The van der Waals surface area contributed by atoms with Crippen molar-refractivity contribution in [2.75, 3.05) is 0 Å². The number of benzene rings is 1. The molecular weight excluding hydrogens is 204 g/mol. The molecule has 0 saturated heterocycles. The highest BCUT2D eigenvalue weighted by Gasteiger charge is 2.13. The van der Waals surface area contributed by atoms with Gasteiger partial charge in [0.2, 0.25) is 0 Å². The summed E-state index contributed by atoms with van der Waals surface area (Å²) in [5, 5.41) is 7.67. The third-order valence-corrected chi connectivity index (χ3v) is 2.09. The quantitative estimate of drug-likeness (QED) is 0.622. The number of aromatic nitrogens is 1. The van der Waals surface area contributed by atoms with Crippen LogP contribution in [0.5, 0.6) is 0 Å². The Hall–Kier alpha value is -1.84. The first-order valence-electron chi connectivity index (χ1n) is 5.19. The molecule has 2 aromatic rings. The number of aryl methyl sites for hydroxylation is 1. The van der Waals surface area contributed by atoms with Crippen LogP contribution in [0.1, 0.15) is 25.3 Å². The van der Waals surface area contributed by atoms with E-state index >= 15 is 0 Å². The summed E-state index contributed by atoms with van der Waals surface area (Å²) in [5.41, 5.74) is 2.55. The molecule has 1 aromatic heterocycles. The molecule has 16 heavy (non-hydrogen) atoms. The number of hydrogen-bond donors (Lipinski definition) is 1. The average molecular weight is 218 g/mol. The van der Waals surface area contributed by atoms with Crippen LogP contribution < -0.4 is 0 Å². The predicted octanol–water partition coefficient (Wildman–Crippen LogP) is 2.89. The highest BCUT2D eigenvalue weighted by Crippen LogP contribution is 2.17. The molecule has 1 N–H and O–H groups in total. The smallest absolute Gasteiger partial charge is 0.283 e. The van der Waals surface area contributed by atoms with Gasteiger partial charge in [-0.3, -0.25) is 5.41 Å². The minimum absolute atomic E-state index is 0.0242. The Labute approximate surface area is 93.8 Å². The molecule has 0 radical (unpaired) electrons. The molecule has 0 aliphatic heterocycles. The van der Waals surface area contributed by atoms with E-state index in [0.717, 1.165) is 11.1 Å². The normalized spacial score (nSPS) is 11.0. The fourth-order valence-corrected chi connectivity index (χ4v) is 1.42. The van der Waals surface area contributed by atoms with Gasteiger partial charge in [-0.2, -0.15) is 0 Å². The molecular formula is C12H14N2O2. The molecule has 1 heterocycles. The lowest BCUT2D eigenvalue weighted by molar-refractivity contribution is 0.221. The Morgan fingerprint density at radius 2 is 2.19 bits per heavy atom. The van der Waals surface area contributed by atoms with Gasteiger partial charge in [0.05, 0.1) is 6.10 Å². The van der Waals surface area contributed by atoms with E-state index in [1.54, 1.807) is 0 Å². The van der Waals surface area contributed by atoms with Gasteiger partial charge in [0.1, 0.15) is 5.52 Å². The third-order valence-electron chi connectivity index (χ3n) is 2.09. The van der Waals surface area contributed by atoms with Crippen molar-refractivity contribution in [3.05, 3.63) is 29.7 Å². The molecule has 0 unspecified atom stereocenters. The van der Waals surface area contributed by atoms with Gasteiger partial charge in [-0.05, 0) is 38.5 Å². The van der Waals surface area contributed by atoms with Crippen LogP contribution in [0.15, 0.2) is 22.6 Å². The summed E-state index contributed by atoms with van der Waals surface area (Å²) in [5.74, 6) is 0.207. The summed E-state index contributed by atoms with van der Waals surface area (Å²) in [7, 11) is 0. The van der Waals surface area contributed by atoms with Crippen LogP contribution >= 0.6 is 0 Å². The molecule has 0 spiro atoms. The Morgan fingerprint density at radius 1 is 1.44 bits per heavy atom. The molecule has 0 atom stereocenters. The van der Waals surface area contributed by atoms with Gasteiger partial charge in [0.25, 0.3) is 11.8 Å². The molecule has 0 amide bonds. The zero-order valence-electron chi connectivity index (χ0n) is 9.57. The van der Waals surface area contributed by atoms with E-state index in [4.69, 9.17) is 14.6 Å². The van der Waals surface area contributed by atoms with Gasteiger partial charge >= 0.3 is 0 Å². The average Bonchev–Trinajstić information content (AvgIpc) is 2.59. The van der Waals surface area contributed by atoms with Crippen LogP contribution in [0.4, 0.5) is 0 Å². The second-order valence-electron chi connectivity index (χ2n) is 3.99. The van der Waals surface area contributed by atoms with Crippen molar-refractivity contribution in [3.63, 3.8) is 0 Å². The molecule has 4 heteroatoms. The van der Waals surface area contributed by atoms with Crippen LogP contribution in [0.2, 0.25) is 0 Å². The summed E-state index contributed by atoms with van der Waals surface area (Å²) in [4.78, 5) is 4.21. The fraction of sp³-hybridized carbons (Fsp3) is 0.333. The molecule has 0 saturated carbocycles. The molecule has 0 bridgehead atoms. The lowest BCUT2D eigenvalue weighted by Gasteiger charge is -2.06. The number of rotatable bonds is 2. The first kappa shape index (κ1) is 10.7. The molecule has 4 nitrogen and oxygen atoms in total. The number of fused-ring (bicyclic) bond motifs is 1. The lowest BCUT2D eigenvalue weighted by atomic mass is 10.2. The zero-order chi connectivity index (χ0) is 11.7. The molecule has 84 valence electrons. The van der Waals surface area contributed by atoms with Gasteiger partial charge in [-0.1, -0.05) is 6.07 Å². The Morgan fingerprint density at radius 3 is 2.88 bits per heavy atom. The lowest BCUT2D eigenvalue weighted by Crippen LogP contribution is -2.11. The highest BCUT2D eigenvalue weighted by atomic mass is 16.5. The summed E-state index contributed by atoms with van der Waals surface area (Å²) in [6.07, 6.45) is -0.0516. The number of hydrogen-bond acceptors (Lipinski definition) is 4. The van der Waals surface area contributed by atoms with Crippen molar-refractivity contribution >= 4 is 17.0 Å². The van der Waals surface area contributed by atoms with Crippen LogP contribution in [0, 0.1) is 12.3 Å². The van der Waals surface area contributed by atoms with E-state index < -0.39 is 0 Å². The standard InChI is InChI=1S/C12H14N2O2/c1-7(2)15-11(13)12-14-9-6-8(3)4-5-10(9)16-12/h4-7,13H,1-3H3. The summed E-state index contributed by atoms with van der Waals surface area (Å²) >= 11 is 0. The molecule has 1 aromatic carbocycles. The Balaban J connectivity index is 2.36. The highest BCUT2D eigenvalue weighted by molar-refractivity contribution is 5.90. The van der Waals surface area contributed by atoms with E-state index in [-0.39, 0.29) is 17.9 Å². The molecule has 0 fully saturated rings. The maximum absolute atomic E-state index is 7.67. The van der Waals surface area contributed by atoms with Crippen LogP contribution in [0.3, 0.4) is 0 Å². The summed E-state index contributed by atoms with van der Waals surface area (Å²) < 4.78 is 10.6.